The van der Waals surface area contributed by atoms with Gasteiger partial charge in [0.25, 0.3) is 5.91 Å². The first-order valence-corrected chi connectivity index (χ1v) is 12.9. The highest BCUT2D eigenvalue weighted by Gasteiger charge is 2.45. The van der Waals surface area contributed by atoms with Crippen LogP contribution >= 0.6 is 0 Å². The maximum absolute atomic E-state index is 13.3. The second-order valence-electron chi connectivity index (χ2n) is 10.5. The van der Waals surface area contributed by atoms with Crippen LogP contribution in [0.5, 0.6) is 11.5 Å². The number of ether oxygens (including phenoxy) is 2. The second kappa shape index (κ2) is 8.86. The number of nitrogens with one attached hydrogen (secondary N) is 2. The van der Waals surface area contributed by atoms with Gasteiger partial charge in [0, 0.05) is 24.0 Å². The van der Waals surface area contributed by atoms with Crippen molar-refractivity contribution in [2.24, 2.45) is 0 Å². The molecule has 2 aromatic rings. The standard InChI is InChI=1S/C28H33N3O4/c1-18-21-14-24-25(35-13-12-34-24)15-22(21)28(10-4-5-11-28)17-31(18)16-26(32)30-23-7-3-2-6-20(23)27(33)29-19-8-9-19/h2-3,6-7,14-15,18-19H,4-5,8-13,16-17H2,1H3,(H,29,33)(H,30,32)/t18-/m1/s1. The van der Waals surface area contributed by atoms with Gasteiger partial charge in [-0.3, -0.25) is 14.5 Å². The molecular weight excluding hydrogens is 442 g/mol. The number of nitrogens with zero attached hydrogens (tertiary/aromatic N) is 1. The van der Waals surface area contributed by atoms with Crippen LogP contribution in [0.15, 0.2) is 36.4 Å². The number of anilines is 1. The van der Waals surface area contributed by atoms with Crippen LogP contribution in [0.4, 0.5) is 5.69 Å². The minimum absolute atomic E-state index is 0.0417. The van der Waals surface area contributed by atoms with Gasteiger partial charge in [0.2, 0.25) is 5.91 Å². The molecule has 0 unspecified atom stereocenters. The molecule has 2 aromatic carbocycles. The van der Waals surface area contributed by atoms with Crippen molar-refractivity contribution in [3.63, 3.8) is 0 Å². The van der Waals surface area contributed by atoms with Crippen molar-refractivity contribution in [3.8, 4) is 11.5 Å². The van der Waals surface area contributed by atoms with Crippen LogP contribution in [-0.4, -0.2) is 49.1 Å². The van der Waals surface area contributed by atoms with E-state index in [1.165, 1.54) is 24.0 Å². The van der Waals surface area contributed by atoms with E-state index in [0.29, 0.717) is 24.5 Å². The van der Waals surface area contributed by atoms with Gasteiger partial charge < -0.3 is 20.1 Å². The molecule has 2 amide bonds. The van der Waals surface area contributed by atoms with E-state index in [-0.39, 0.29) is 35.9 Å². The Hall–Kier alpha value is -3.06. The lowest BCUT2D eigenvalue weighted by Crippen LogP contribution is -2.48. The first kappa shape index (κ1) is 22.4. The fourth-order valence-corrected chi connectivity index (χ4v) is 6.04. The Morgan fingerprint density at radius 2 is 1.77 bits per heavy atom. The Bertz CT molecular complexity index is 1150. The van der Waals surface area contributed by atoms with Crippen LogP contribution in [0.2, 0.25) is 0 Å². The molecule has 6 rings (SSSR count). The monoisotopic (exact) mass is 475 g/mol. The van der Waals surface area contributed by atoms with E-state index < -0.39 is 0 Å². The maximum atomic E-state index is 13.3. The first-order valence-electron chi connectivity index (χ1n) is 12.9. The summed E-state index contributed by atoms with van der Waals surface area (Å²) in [6, 6.07) is 11.9. The summed E-state index contributed by atoms with van der Waals surface area (Å²) in [5.74, 6) is 1.43. The molecular formula is C28H33N3O4. The van der Waals surface area contributed by atoms with Gasteiger partial charge in [-0.25, -0.2) is 0 Å². The molecule has 1 atom stereocenters. The van der Waals surface area contributed by atoms with Crippen LogP contribution in [-0.2, 0) is 10.2 Å². The molecule has 2 fully saturated rings. The summed E-state index contributed by atoms with van der Waals surface area (Å²) < 4.78 is 11.8. The van der Waals surface area contributed by atoms with Crippen molar-refractivity contribution in [3.05, 3.63) is 53.1 Å². The zero-order valence-electron chi connectivity index (χ0n) is 20.3. The Morgan fingerprint density at radius 1 is 1.06 bits per heavy atom. The number of fused-ring (bicyclic) bond motifs is 3. The van der Waals surface area contributed by atoms with Gasteiger partial charge in [-0.05, 0) is 68.0 Å². The van der Waals surface area contributed by atoms with E-state index in [2.05, 4.69) is 34.6 Å². The normalized spacial score (nSPS) is 22.5. The lowest BCUT2D eigenvalue weighted by atomic mass is 9.71. The fourth-order valence-electron chi connectivity index (χ4n) is 6.04. The van der Waals surface area contributed by atoms with Crippen molar-refractivity contribution < 1.29 is 19.1 Å². The molecule has 7 heteroatoms. The van der Waals surface area contributed by atoms with Gasteiger partial charge in [-0.2, -0.15) is 0 Å². The Labute approximate surface area is 206 Å². The number of para-hydroxylation sites is 1. The van der Waals surface area contributed by atoms with Crippen LogP contribution in [0.25, 0.3) is 0 Å². The Morgan fingerprint density at radius 3 is 2.51 bits per heavy atom. The lowest BCUT2D eigenvalue weighted by molar-refractivity contribution is -0.118. The molecule has 0 bridgehead atoms. The van der Waals surface area contributed by atoms with Gasteiger partial charge in [0.05, 0.1) is 17.8 Å². The zero-order valence-corrected chi connectivity index (χ0v) is 20.3. The van der Waals surface area contributed by atoms with Gasteiger partial charge in [-0.15, -0.1) is 0 Å². The Balaban J connectivity index is 1.23. The summed E-state index contributed by atoms with van der Waals surface area (Å²) in [7, 11) is 0. The number of rotatable bonds is 5. The van der Waals surface area contributed by atoms with Gasteiger partial charge in [0.15, 0.2) is 11.5 Å². The van der Waals surface area contributed by atoms with Crippen LogP contribution < -0.4 is 20.1 Å². The molecule has 2 aliphatic heterocycles. The van der Waals surface area contributed by atoms with E-state index in [1.54, 1.807) is 12.1 Å². The maximum Gasteiger partial charge on any atom is 0.253 e. The van der Waals surface area contributed by atoms with Crippen molar-refractivity contribution in [1.82, 2.24) is 10.2 Å². The third-order valence-corrected chi connectivity index (χ3v) is 8.05. The van der Waals surface area contributed by atoms with E-state index in [4.69, 9.17) is 9.47 Å². The molecule has 1 spiro atoms. The highest BCUT2D eigenvalue weighted by atomic mass is 16.6. The molecule has 2 aliphatic carbocycles. The summed E-state index contributed by atoms with van der Waals surface area (Å²) in [5, 5.41) is 6.04. The predicted molar refractivity (Wildman–Crippen MR) is 133 cm³/mol. The van der Waals surface area contributed by atoms with Crippen molar-refractivity contribution >= 4 is 17.5 Å². The molecule has 184 valence electrons. The van der Waals surface area contributed by atoms with E-state index in [1.807, 2.05) is 12.1 Å². The predicted octanol–water partition coefficient (Wildman–Crippen LogP) is 4.18. The third kappa shape index (κ3) is 4.27. The SMILES string of the molecule is C[C@@H]1c2cc3c(cc2C2(CCCC2)CN1CC(=O)Nc1ccccc1C(=O)NC1CC1)OCCO3. The zero-order chi connectivity index (χ0) is 24.0. The highest BCUT2D eigenvalue weighted by molar-refractivity contribution is 6.04. The van der Waals surface area contributed by atoms with Gasteiger partial charge in [0.1, 0.15) is 13.2 Å². The average Bonchev–Trinajstić information content (AvgIpc) is 3.56. The van der Waals surface area contributed by atoms with E-state index >= 15 is 0 Å². The van der Waals surface area contributed by atoms with Crippen molar-refractivity contribution in [1.29, 1.82) is 0 Å². The largest absolute Gasteiger partial charge is 0.486 e. The Kier molecular flexibility index (Phi) is 5.67. The van der Waals surface area contributed by atoms with Crippen molar-refractivity contribution in [2.45, 2.75) is 62.9 Å². The summed E-state index contributed by atoms with van der Waals surface area (Å²) >= 11 is 0. The number of carbonyl (C=O) groups excluding carboxylic acids is 2. The topological polar surface area (TPSA) is 79.9 Å². The number of hydrogen-bond acceptors (Lipinski definition) is 5. The average molecular weight is 476 g/mol. The summed E-state index contributed by atoms with van der Waals surface area (Å²) in [6.07, 6.45) is 6.69. The number of carbonyl (C=O) groups is 2. The van der Waals surface area contributed by atoms with Gasteiger partial charge >= 0.3 is 0 Å². The molecule has 35 heavy (non-hydrogen) atoms. The molecule has 0 aromatic heterocycles. The number of amides is 2. The molecule has 2 saturated carbocycles. The van der Waals surface area contributed by atoms with Crippen LogP contribution in [0.1, 0.15) is 73.0 Å². The lowest BCUT2D eigenvalue weighted by Gasteiger charge is -2.46. The van der Waals surface area contributed by atoms with E-state index in [9.17, 15) is 9.59 Å². The molecule has 2 heterocycles. The molecule has 2 N–H and O–H groups in total. The second-order valence-corrected chi connectivity index (χ2v) is 10.5. The van der Waals surface area contributed by atoms with E-state index in [0.717, 1.165) is 43.7 Å². The minimum atomic E-state index is -0.124. The molecule has 0 radical (unpaired) electrons. The minimum Gasteiger partial charge on any atom is -0.486 e. The fraction of sp³-hybridized carbons (Fsp3) is 0.500. The summed E-state index contributed by atoms with van der Waals surface area (Å²) in [6.45, 7) is 4.43. The molecule has 4 aliphatic rings. The van der Waals surface area contributed by atoms with Gasteiger partial charge in [-0.1, -0.05) is 25.0 Å². The first-order chi connectivity index (χ1) is 17.0. The molecule has 7 nitrogen and oxygen atoms in total. The summed E-state index contributed by atoms with van der Waals surface area (Å²) in [4.78, 5) is 28.2. The number of benzene rings is 2. The highest BCUT2D eigenvalue weighted by Crippen LogP contribution is 2.51. The number of hydrogen-bond donors (Lipinski definition) is 2. The summed E-state index contributed by atoms with van der Waals surface area (Å²) in [5.41, 5.74) is 3.72. The van der Waals surface area contributed by atoms with Crippen molar-refractivity contribution in [2.75, 3.05) is 31.6 Å². The smallest absolute Gasteiger partial charge is 0.253 e. The quantitative estimate of drug-likeness (QED) is 0.678. The third-order valence-electron chi connectivity index (χ3n) is 8.05. The molecule has 0 saturated heterocycles. The van der Waals surface area contributed by atoms with Crippen LogP contribution in [0, 0.1) is 0 Å². The van der Waals surface area contributed by atoms with Crippen LogP contribution in [0.3, 0.4) is 0 Å².